The summed E-state index contributed by atoms with van der Waals surface area (Å²) in [6, 6.07) is 1.99. The van der Waals surface area contributed by atoms with E-state index in [9.17, 15) is 9.59 Å². The summed E-state index contributed by atoms with van der Waals surface area (Å²) in [6.07, 6.45) is 8.29. The van der Waals surface area contributed by atoms with Gasteiger partial charge < -0.3 is 15.5 Å². The first-order chi connectivity index (χ1) is 12.0. The number of carbonyl (C=O) groups excluding carboxylic acids is 2. The predicted molar refractivity (Wildman–Crippen MR) is 96.0 cm³/mol. The Kier molecular flexibility index (Phi) is 5.68. The number of hydrogen-bond acceptors (Lipinski definition) is 4. The van der Waals surface area contributed by atoms with Crippen LogP contribution in [0.4, 0.5) is 0 Å². The Bertz CT molecular complexity index is 626. The van der Waals surface area contributed by atoms with E-state index in [1.807, 2.05) is 17.2 Å². The Labute approximate surface area is 149 Å². The van der Waals surface area contributed by atoms with Crippen molar-refractivity contribution >= 4 is 11.8 Å². The lowest BCUT2D eigenvalue weighted by Gasteiger charge is -2.31. The van der Waals surface area contributed by atoms with Crippen LogP contribution in [0.5, 0.6) is 0 Å². The van der Waals surface area contributed by atoms with Crippen molar-refractivity contribution in [2.24, 2.45) is 17.6 Å². The van der Waals surface area contributed by atoms with Crippen LogP contribution in [-0.4, -0.2) is 59.8 Å². The second-order valence-electron chi connectivity index (χ2n) is 7.53. The molecule has 1 unspecified atom stereocenters. The highest BCUT2D eigenvalue weighted by Gasteiger charge is 2.27. The first-order valence-electron chi connectivity index (χ1n) is 9.24. The van der Waals surface area contributed by atoms with E-state index in [1.165, 1.54) is 19.4 Å². The molecule has 3 heterocycles. The van der Waals surface area contributed by atoms with Crippen LogP contribution in [0.1, 0.15) is 41.6 Å². The number of carbonyl (C=O) groups is 2. The smallest absolute Gasteiger partial charge is 0.255 e. The fourth-order valence-corrected chi connectivity index (χ4v) is 4.04. The van der Waals surface area contributed by atoms with Crippen molar-refractivity contribution < 1.29 is 9.59 Å². The van der Waals surface area contributed by atoms with Gasteiger partial charge in [-0.1, -0.05) is 0 Å². The Hall–Kier alpha value is -1.95. The van der Waals surface area contributed by atoms with Crippen LogP contribution in [-0.2, 0) is 11.2 Å². The summed E-state index contributed by atoms with van der Waals surface area (Å²) in [6.45, 7) is 3.46. The number of pyridine rings is 1. The fraction of sp³-hybridized carbons (Fsp3) is 0.632. The summed E-state index contributed by atoms with van der Waals surface area (Å²) in [5, 5.41) is 0. The van der Waals surface area contributed by atoms with Gasteiger partial charge in [-0.25, -0.2) is 0 Å². The molecule has 136 valence electrons. The molecule has 2 aliphatic heterocycles. The summed E-state index contributed by atoms with van der Waals surface area (Å²) in [7, 11) is 2.17. The molecule has 0 spiro atoms. The van der Waals surface area contributed by atoms with Gasteiger partial charge in [-0.3, -0.25) is 14.6 Å². The standard InChI is InChI=1S/C19H28N4O2/c1-22-6-2-3-14(13-22)9-15-10-17(12-21-11-15)19(25)23-7-4-16(5-8-23)18(20)24/h10-12,14,16H,2-9,13H2,1H3,(H2,20,24). The Morgan fingerprint density at radius 2 is 1.96 bits per heavy atom. The molecule has 25 heavy (non-hydrogen) atoms. The topological polar surface area (TPSA) is 79.5 Å². The first-order valence-corrected chi connectivity index (χ1v) is 9.24. The molecule has 0 saturated carbocycles. The van der Waals surface area contributed by atoms with Crippen molar-refractivity contribution in [3.05, 3.63) is 29.6 Å². The average Bonchev–Trinajstić information content (AvgIpc) is 2.61. The predicted octanol–water partition coefficient (Wildman–Crippen LogP) is 1.30. The summed E-state index contributed by atoms with van der Waals surface area (Å²) in [5.41, 5.74) is 7.15. The Morgan fingerprint density at radius 3 is 2.64 bits per heavy atom. The first kappa shape index (κ1) is 17.9. The molecule has 6 heteroatoms. The molecule has 2 N–H and O–H groups in total. The summed E-state index contributed by atoms with van der Waals surface area (Å²) in [4.78, 5) is 32.5. The third kappa shape index (κ3) is 4.57. The minimum atomic E-state index is -0.256. The van der Waals surface area contributed by atoms with Crippen LogP contribution in [0.2, 0.25) is 0 Å². The maximum atomic E-state index is 12.7. The number of amides is 2. The van der Waals surface area contributed by atoms with Gasteiger partial charge in [0.05, 0.1) is 5.56 Å². The van der Waals surface area contributed by atoms with Crippen LogP contribution >= 0.6 is 0 Å². The van der Waals surface area contributed by atoms with Gasteiger partial charge in [0.2, 0.25) is 5.91 Å². The molecule has 0 aromatic carbocycles. The van der Waals surface area contributed by atoms with E-state index < -0.39 is 0 Å². The molecule has 2 amide bonds. The monoisotopic (exact) mass is 344 g/mol. The Morgan fingerprint density at radius 1 is 1.20 bits per heavy atom. The number of aromatic nitrogens is 1. The Balaban J connectivity index is 1.61. The largest absolute Gasteiger partial charge is 0.369 e. The molecule has 0 radical (unpaired) electrons. The molecule has 3 rings (SSSR count). The lowest BCUT2D eigenvalue weighted by Crippen LogP contribution is -2.41. The number of nitrogens with two attached hydrogens (primary N) is 1. The van der Waals surface area contributed by atoms with E-state index in [1.54, 1.807) is 6.20 Å². The zero-order chi connectivity index (χ0) is 17.8. The van der Waals surface area contributed by atoms with E-state index in [0.29, 0.717) is 37.4 Å². The van der Waals surface area contributed by atoms with Crippen LogP contribution in [0.3, 0.4) is 0 Å². The van der Waals surface area contributed by atoms with Crippen LogP contribution in [0.15, 0.2) is 18.5 Å². The summed E-state index contributed by atoms with van der Waals surface area (Å²) < 4.78 is 0. The van der Waals surface area contributed by atoms with E-state index >= 15 is 0 Å². The van der Waals surface area contributed by atoms with E-state index in [4.69, 9.17) is 5.73 Å². The van der Waals surface area contributed by atoms with Gasteiger partial charge >= 0.3 is 0 Å². The third-order valence-corrected chi connectivity index (χ3v) is 5.47. The highest BCUT2D eigenvalue weighted by molar-refractivity contribution is 5.94. The van der Waals surface area contributed by atoms with Gasteiger partial charge in [-0.2, -0.15) is 0 Å². The molecule has 0 bridgehead atoms. The molecular weight excluding hydrogens is 316 g/mol. The maximum Gasteiger partial charge on any atom is 0.255 e. The van der Waals surface area contributed by atoms with Gasteiger partial charge in [0.1, 0.15) is 0 Å². The third-order valence-electron chi connectivity index (χ3n) is 5.47. The lowest BCUT2D eigenvalue weighted by atomic mass is 9.91. The van der Waals surface area contributed by atoms with Crippen molar-refractivity contribution in [1.82, 2.24) is 14.8 Å². The van der Waals surface area contributed by atoms with Gasteiger partial charge in [0, 0.05) is 37.9 Å². The molecule has 2 aliphatic rings. The average molecular weight is 344 g/mol. The number of piperidine rings is 2. The molecule has 2 fully saturated rings. The zero-order valence-corrected chi connectivity index (χ0v) is 15.0. The second kappa shape index (κ2) is 7.95. The van der Waals surface area contributed by atoms with Crippen molar-refractivity contribution in [3.63, 3.8) is 0 Å². The molecule has 1 aromatic heterocycles. The minimum Gasteiger partial charge on any atom is -0.369 e. The van der Waals surface area contributed by atoms with Crippen molar-refractivity contribution in [2.75, 3.05) is 33.2 Å². The number of nitrogens with zero attached hydrogens (tertiary/aromatic N) is 3. The molecule has 2 saturated heterocycles. The van der Waals surface area contributed by atoms with Crippen LogP contribution in [0.25, 0.3) is 0 Å². The van der Waals surface area contributed by atoms with Gasteiger partial charge in [-0.15, -0.1) is 0 Å². The van der Waals surface area contributed by atoms with Crippen molar-refractivity contribution in [2.45, 2.75) is 32.1 Å². The maximum absolute atomic E-state index is 12.7. The van der Waals surface area contributed by atoms with Gasteiger partial charge in [0.15, 0.2) is 0 Å². The normalized spacial score (nSPS) is 22.8. The van der Waals surface area contributed by atoms with Crippen molar-refractivity contribution in [1.29, 1.82) is 0 Å². The second-order valence-corrected chi connectivity index (χ2v) is 7.53. The molecule has 1 atom stereocenters. The molecule has 6 nitrogen and oxygen atoms in total. The zero-order valence-electron chi connectivity index (χ0n) is 15.0. The van der Waals surface area contributed by atoms with Gasteiger partial charge in [-0.05, 0) is 63.2 Å². The van der Waals surface area contributed by atoms with Crippen molar-refractivity contribution in [3.8, 4) is 0 Å². The quantitative estimate of drug-likeness (QED) is 0.893. The molecule has 0 aliphatic carbocycles. The minimum absolute atomic E-state index is 0.0121. The highest BCUT2D eigenvalue weighted by Crippen LogP contribution is 2.22. The SMILES string of the molecule is CN1CCCC(Cc2cncc(C(=O)N3CCC(C(N)=O)CC3)c2)C1. The highest BCUT2D eigenvalue weighted by atomic mass is 16.2. The lowest BCUT2D eigenvalue weighted by molar-refractivity contribution is -0.123. The van der Waals surface area contributed by atoms with E-state index in [-0.39, 0.29) is 17.7 Å². The number of likely N-dealkylation sites (tertiary alicyclic amines) is 2. The molecular formula is C19H28N4O2. The van der Waals surface area contributed by atoms with Crippen LogP contribution in [0, 0.1) is 11.8 Å². The summed E-state index contributed by atoms with van der Waals surface area (Å²) in [5.74, 6) is 0.292. The van der Waals surface area contributed by atoms with Crippen LogP contribution < -0.4 is 5.73 Å². The summed E-state index contributed by atoms with van der Waals surface area (Å²) >= 11 is 0. The fourth-order valence-electron chi connectivity index (χ4n) is 4.04. The van der Waals surface area contributed by atoms with E-state index in [0.717, 1.165) is 18.5 Å². The number of rotatable bonds is 4. The molecule has 1 aromatic rings. The number of hydrogen-bond donors (Lipinski definition) is 1. The van der Waals surface area contributed by atoms with E-state index in [2.05, 4.69) is 16.9 Å². The number of primary amides is 1. The van der Waals surface area contributed by atoms with Gasteiger partial charge in [0.25, 0.3) is 5.91 Å².